The van der Waals surface area contributed by atoms with E-state index in [0.29, 0.717) is 6.04 Å². The van der Waals surface area contributed by atoms with E-state index >= 15 is 0 Å². The van der Waals surface area contributed by atoms with Crippen LogP contribution in [0.1, 0.15) is 25.7 Å². The van der Waals surface area contributed by atoms with Crippen LogP contribution in [0.3, 0.4) is 0 Å². The molecule has 0 unspecified atom stereocenters. The molecule has 0 radical (unpaired) electrons. The number of amides is 1. The number of hydrogen-bond acceptors (Lipinski definition) is 2. The van der Waals surface area contributed by atoms with Crippen LogP contribution in [-0.4, -0.2) is 54.2 Å². The molecule has 1 amide bonds. The zero-order chi connectivity index (χ0) is 10.7. The fourth-order valence-corrected chi connectivity index (χ4v) is 2.12. The third-order valence-corrected chi connectivity index (χ3v) is 3.25. The minimum Gasteiger partial charge on any atom is -0.465 e. The maximum atomic E-state index is 10.7. The minimum absolute atomic E-state index is 0.226. The van der Waals surface area contributed by atoms with Crippen molar-refractivity contribution in [1.29, 1.82) is 0 Å². The predicted molar refractivity (Wildman–Crippen MR) is 55.5 cm³/mol. The Balaban J connectivity index is 2.39. The van der Waals surface area contributed by atoms with Crippen LogP contribution in [0.5, 0.6) is 0 Å². The van der Waals surface area contributed by atoms with Gasteiger partial charge in [0, 0.05) is 19.1 Å². The average molecular weight is 200 g/mol. The standard InChI is InChI=1S/C10H20N2O2/c1-11(2)8-4-6-9(7-5-8)12(3)10(13)14/h8-9H,4-7H2,1-3H3,(H,13,14). The van der Waals surface area contributed by atoms with E-state index in [2.05, 4.69) is 19.0 Å². The summed E-state index contributed by atoms with van der Waals surface area (Å²) in [5, 5.41) is 8.82. The fraction of sp³-hybridized carbons (Fsp3) is 0.900. The molecule has 14 heavy (non-hydrogen) atoms. The van der Waals surface area contributed by atoms with Crippen molar-refractivity contribution in [3.63, 3.8) is 0 Å². The Hall–Kier alpha value is -0.770. The van der Waals surface area contributed by atoms with Crippen LogP contribution in [0.4, 0.5) is 4.79 Å². The molecule has 0 aromatic heterocycles. The van der Waals surface area contributed by atoms with Crippen LogP contribution < -0.4 is 0 Å². The van der Waals surface area contributed by atoms with Crippen molar-refractivity contribution < 1.29 is 9.90 Å². The Morgan fingerprint density at radius 1 is 1.07 bits per heavy atom. The second kappa shape index (κ2) is 4.64. The highest BCUT2D eigenvalue weighted by Crippen LogP contribution is 2.24. The zero-order valence-electron chi connectivity index (χ0n) is 9.23. The first-order valence-electron chi connectivity index (χ1n) is 5.14. The summed E-state index contributed by atoms with van der Waals surface area (Å²) in [7, 11) is 5.85. The molecule has 82 valence electrons. The van der Waals surface area contributed by atoms with Crippen molar-refractivity contribution in [3.8, 4) is 0 Å². The normalized spacial score (nSPS) is 27.7. The van der Waals surface area contributed by atoms with Crippen LogP contribution in [-0.2, 0) is 0 Å². The van der Waals surface area contributed by atoms with E-state index in [1.807, 2.05) is 0 Å². The monoisotopic (exact) mass is 200 g/mol. The van der Waals surface area contributed by atoms with E-state index in [-0.39, 0.29) is 6.04 Å². The van der Waals surface area contributed by atoms with Gasteiger partial charge in [0.05, 0.1) is 0 Å². The Labute approximate surface area is 85.5 Å². The lowest BCUT2D eigenvalue weighted by Gasteiger charge is -2.35. The number of carbonyl (C=O) groups is 1. The van der Waals surface area contributed by atoms with Gasteiger partial charge < -0.3 is 14.9 Å². The van der Waals surface area contributed by atoms with E-state index < -0.39 is 6.09 Å². The first-order chi connectivity index (χ1) is 6.52. The Morgan fingerprint density at radius 3 is 1.86 bits per heavy atom. The SMILES string of the molecule is CN(C)C1CCC(N(C)C(=O)O)CC1. The predicted octanol–water partition coefficient (Wildman–Crippen LogP) is 1.47. The largest absolute Gasteiger partial charge is 0.465 e. The number of hydrogen-bond donors (Lipinski definition) is 1. The molecule has 4 nitrogen and oxygen atoms in total. The summed E-state index contributed by atoms with van der Waals surface area (Å²) in [6, 6.07) is 0.858. The van der Waals surface area contributed by atoms with Crippen molar-refractivity contribution in [2.24, 2.45) is 0 Å². The quantitative estimate of drug-likeness (QED) is 0.734. The van der Waals surface area contributed by atoms with Crippen molar-refractivity contribution in [2.45, 2.75) is 37.8 Å². The molecule has 1 aliphatic carbocycles. The molecule has 1 aliphatic rings. The zero-order valence-corrected chi connectivity index (χ0v) is 9.23. The minimum atomic E-state index is -0.807. The van der Waals surface area contributed by atoms with Gasteiger partial charge in [0.25, 0.3) is 0 Å². The van der Waals surface area contributed by atoms with Gasteiger partial charge in [0.1, 0.15) is 0 Å². The second-order valence-electron chi connectivity index (χ2n) is 4.32. The van der Waals surface area contributed by atoms with Crippen LogP contribution in [0.2, 0.25) is 0 Å². The van der Waals surface area contributed by atoms with Crippen LogP contribution in [0.25, 0.3) is 0 Å². The summed E-state index contributed by atoms with van der Waals surface area (Å²) in [6.45, 7) is 0. The summed E-state index contributed by atoms with van der Waals surface area (Å²) < 4.78 is 0. The first-order valence-corrected chi connectivity index (χ1v) is 5.14. The third kappa shape index (κ3) is 2.61. The smallest absolute Gasteiger partial charge is 0.407 e. The summed E-state index contributed by atoms with van der Waals surface area (Å²) in [4.78, 5) is 14.4. The Morgan fingerprint density at radius 2 is 1.50 bits per heavy atom. The molecule has 4 heteroatoms. The molecular formula is C10H20N2O2. The summed E-state index contributed by atoms with van der Waals surface area (Å²) >= 11 is 0. The first kappa shape index (κ1) is 11.3. The number of rotatable bonds is 2. The van der Waals surface area contributed by atoms with Gasteiger partial charge in [-0.05, 0) is 39.8 Å². The van der Waals surface area contributed by atoms with Crippen LogP contribution in [0, 0.1) is 0 Å². The molecule has 0 atom stereocenters. The van der Waals surface area contributed by atoms with Gasteiger partial charge in [-0.15, -0.1) is 0 Å². The van der Waals surface area contributed by atoms with E-state index in [0.717, 1.165) is 25.7 Å². The average Bonchev–Trinajstić information content (AvgIpc) is 2.16. The molecule has 0 heterocycles. The maximum Gasteiger partial charge on any atom is 0.407 e. The summed E-state index contributed by atoms with van der Waals surface area (Å²) in [5.41, 5.74) is 0. The lowest BCUT2D eigenvalue weighted by molar-refractivity contribution is 0.110. The molecule has 0 saturated heterocycles. The van der Waals surface area contributed by atoms with Gasteiger partial charge in [0.15, 0.2) is 0 Å². The highest BCUT2D eigenvalue weighted by molar-refractivity contribution is 5.64. The van der Waals surface area contributed by atoms with Crippen molar-refractivity contribution in [1.82, 2.24) is 9.80 Å². The van der Waals surface area contributed by atoms with Crippen LogP contribution in [0.15, 0.2) is 0 Å². The topological polar surface area (TPSA) is 43.8 Å². The number of nitrogens with zero attached hydrogens (tertiary/aromatic N) is 2. The maximum absolute atomic E-state index is 10.7. The molecule has 1 saturated carbocycles. The molecular weight excluding hydrogens is 180 g/mol. The summed E-state index contributed by atoms with van der Waals surface area (Å²) in [5.74, 6) is 0. The van der Waals surface area contributed by atoms with Gasteiger partial charge in [-0.25, -0.2) is 4.79 Å². The van der Waals surface area contributed by atoms with Gasteiger partial charge in [0.2, 0.25) is 0 Å². The summed E-state index contributed by atoms with van der Waals surface area (Å²) in [6.07, 6.45) is 3.39. The molecule has 0 spiro atoms. The van der Waals surface area contributed by atoms with E-state index in [9.17, 15) is 4.79 Å². The molecule has 1 N–H and O–H groups in total. The Bertz CT molecular complexity index is 198. The molecule has 1 rings (SSSR count). The highest BCUT2D eigenvalue weighted by Gasteiger charge is 2.26. The third-order valence-electron chi connectivity index (χ3n) is 3.25. The van der Waals surface area contributed by atoms with Gasteiger partial charge in [-0.2, -0.15) is 0 Å². The number of carboxylic acid groups (broad SMARTS) is 1. The van der Waals surface area contributed by atoms with Gasteiger partial charge >= 0.3 is 6.09 Å². The molecule has 0 bridgehead atoms. The van der Waals surface area contributed by atoms with E-state index in [1.165, 1.54) is 4.90 Å². The molecule has 0 aromatic carbocycles. The van der Waals surface area contributed by atoms with Gasteiger partial charge in [-0.1, -0.05) is 0 Å². The van der Waals surface area contributed by atoms with E-state index in [4.69, 9.17) is 5.11 Å². The second-order valence-corrected chi connectivity index (χ2v) is 4.32. The molecule has 0 aliphatic heterocycles. The Kier molecular flexibility index (Phi) is 3.75. The van der Waals surface area contributed by atoms with Gasteiger partial charge in [-0.3, -0.25) is 0 Å². The van der Waals surface area contributed by atoms with E-state index in [1.54, 1.807) is 7.05 Å². The fourth-order valence-electron chi connectivity index (χ4n) is 2.12. The van der Waals surface area contributed by atoms with Crippen molar-refractivity contribution >= 4 is 6.09 Å². The van der Waals surface area contributed by atoms with Crippen molar-refractivity contribution in [2.75, 3.05) is 21.1 Å². The lowest BCUT2D eigenvalue weighted by atomic mass is 9.90. The van der Waals surface area contributed by atoms with Crippen molar-refractivity contribution in [3.05, 3.63) is 0 Å². The van der Waals surface area contributed by atoms with Crippen LogP contribution >= 0.6 is 0 Å². The molecule has 0 aromatic rings. The lowest BCUT2D eigenvalue weighted by Crippen LogP contribution is -2.42. The molecule has 1 fully saturated rings. The highest BCUT2D eigenvalue weighted by atomic mass is 16.4.